The molecule has 0 saturated carbocycles. The Morgan fingerprint density at radius 2 is 1.94 bits per heavy atom. The van der Waals surface area contributed by atoms with Gasteiger partial charge in [-0.2, -0.15) is 13.2 Å². The number of anilines is 1. The van der Waals surface area contributed by atoms with Crippen molar-refractivity contribution in [3.8, 4) is 0 Å². The molecule has 17 heavy (non-hydrogen) atoms. The van der Waals surface area contributed by atoms with Crippen molar-refractivity contribution in [3.63, 3.8) is 0 Å². The van der Waals surface area contributed by atoms with Gasteiger partial charge in [0.05, 0.1) is 0 Å². The molecule has 0 fully saturated rings. The van der Waals surface area contributed by atoms with E-state index in [1.807, 2.05) is 0 Å². The van der Waals surface area contributed by atoms with Gasteiger partial charge in [-0.15, -0.1) is 10.2 Å². The molecule has 2 atom stereocenters. The number of nitrogens with two attached hydrogens (primary N) is 1. The van der Waals surface area contributed by atoms with Crippen LogP contribution in [0.3, 0.4) is 0 Å². The number of thioether (sulfide) groups is 1. The molecule has 1 aromatic heterocycles. The van der Waals surface area contributed by atoms with Crippen molar-refractivity contribution in [1.82, 2.24) is 10.2 Å². The van der Waals surface area contributed by atoms with Crippen molar-refractivity contribution in [1.29, 1.82) is 0 Å². The predicted octanol–water partition coefficient (Wildman–Crippen LogP) is 1.97. The first-order chi connectivity index (χ1) is 7.71. The Morgan fingerprint density at radius 1 is 1.35 bits per heavy atom. The molecule has 0 aliphatic rings. The number of hydrogen-bond acceptors (Lipinski definition) is 6. The molecule has 2 N–H and O–H groups in total. The Labute approximate surface area is 105 Å². The van der Waals surface area contributed by atoms with Crippen LogP contribution in [-0.2, 0) is 0 Å². The van der Waals surface area contributed by atoms with Crippen LogP contribution in [0, 0.1) is 0 Å². The van der Waals surface area contributed by atoms with Gasteiger partial charge in [0.15, 0.2) is 4.34 Å². The zero-order valence-corrected chi connectivity index (χ0v) is 11.2. The lowest BCUT2D eigenvalue weighted by Crippen LogP contribution is -2.40. The number of aromatic nitrogens is 2. The average molecular weight is 286 g/mol. The van der Waals surface area contributed by atoms with Gasteiger partial charge in [0.1, 0.15) is 5.25 Å². The van der Waals surface area contributed by atoms with Crippen LogP contribution < -0.4 is 10.6 Å². The first kappa shape index (κ1) is 14.5. The minimum atomic E-state index is -4.34. The minimum Gasteiger partial charge on any atom is -0.353 e. The van der Waals surface area contributed by atoms with Crippen molar-refractivity contribution >= 4 is 28.2 Å². The quantitative estimate of drug-likeness (QED) is 0.858. The highest BCUT2D eigenvalue weighted by Gasteiger charge is 2.43. The van der Waals surface area contributed by atoms with Crippen LogP contribution in [0.1, 0.15) is 6.92 Å². The van der Waals surface area contributed by atoms with Crippen LogP contribution in [0.2, 0.25) is 0 Å². The molecule has 0 bridgehead atoms. The van der Waals surface area contributed by atoms with E-state index in [9.17, 15) is 13.2 Å². The predicted molar refractivity (Wildman–Crippen MR) is 63.6 cm³/mol. The van der Waals surface area contributed by atoms with Crippen molar-refractivity contribution in [2.24, 2.45) is 5.73 Å². The molecule has 0 aromatic carbocycles. The van der Waals surface area contributed by atoms with Crippen molar-refractivity contribution < 1.29 is 13.2 Å². The number of hydrogen-bond donors (Lipinski definition) is 1. The molecule has 1 aromatic rings. The largest absolute Gasteiger partial charge is 0.402 e. The lowest BCUT2D eigenvalue weighted by Gasteiger charge is -2.21. The summed E-state index contributed by atoms with van der Waals surface area (Å²) >= 11 is 1.72. The van der Waals surface area contributed by atoms with Gasteiger partial charge in [0, 0.05) is 20.1 Å². The highest BCUT2D eigenvalue weighted by Crippen LogP contribution is 2.38. The fraction of sp³-hybridized carbons (Fsp3) is 0.750. The third-order valence-electron chi connectivity index (χ3n) is 1.81. The standard InChI is InChI=1S/C8H13F3N4S2/c1-4(12)5(8(9,10)11)16-7-14-13-6(17-7)15(2)3/h4-5H,12H2,1-3H3. The third kappa shape index (κ3) is 4.00. The van der Waals surface area contributed by atoms with Gasteiger partial charge in [-0.05, 0) is 6.92 Å². The van der Waals surface area contributed by atoms with Crippen LogP contribution in [0.15, 0.2) is 4.34 Å². The van der Waals surface area contributed by atoms with Gasteiger partial charge in [-0.3, -0.25) is 0 Å². The maximum atomic E-state index is 12.7. The minimum absolute atomic E-state index is 0.272. The molecule has 0 spiro atoms. The van der Waals surface area contributed by atoms with Gasteiger partial charge in [0.2, 0.25) is 5.13 Å². The van der Waals surface area contributed by atoms with Gasteiger partial charge in [0.25, 0.3) is 0 Å². The second-order valence-electron chi connectivity index (χ2n) is 3.68. The number of halogens is 3. The number of alkyl halides is 3. The smallest absolute Gasteiger partial charge is 0.353 e. The van der Waals surface area contributed by atoms with E-state index in [-0.39, 0.29) is 4.34 Å². The summed E-state index contributed by atoms with van der Waals surface area (Å²) in [6.45, 7) is 1.33. The van der Waals surface area contributed by atoms with E-state index in [1.54, 1.807) is 19.0 Å². The number of rotatable bonds is 4. The van der Waals surface area contributed by atoms with E-state index in [0.717, 1.165) is 11.3 Å². The van der Waals surface area contributed by atoms with E-state index >= 15 is 0 Å². The van der Waals surface area contributed by atoms with Crippen LogP contribution >= 0.6 is 23.1 Å². The summed E-state index contributed by atoms with van der Waals surface area (Å²) < 4.78 is 38.3. The summed E-state index contributed by atoms with van der Waals surface area (Å²) in [5.74, 6) is 0. The van der Waals surface area contributed by atoms with Crippen LogP contribution in [-0.4, -0.2) is 41.8 Å². The third-order valence-corrected chi connectivity index (χ3v) is 4.46. The van der Waals surface area contributed by atoms with Gasteiger partial charge >= 0.3 is 6.18 Å². The van der Waals surface area contributed by atoms with Crippen LogP contribution in [0.4, 0.5) is 18.3 Å². The average Bonchev–Trinajstić information content (AvgIpc) is 2.59. The molecule has 1 rings (SSSR count). The van der Waals surface area contributed by atoms with E-state index in [1.165, 1.54) is 6.92 Å². The summed E-state index contributed by atoms with van der Waals surface area (Å²) in [4.78, 5) is 1.69. The molecule has 0 aliphatic carbocycles. The zero-order chi connectivity index (χ0) is 13.2. The SMILES string of the molecule is CC(N)C(Sc1nnc(N(C)C)s1)C(F)(F)F. The Kier molecular flexibility index (Phi) is 4.62. The number of nitrogens with zero attached hydrogens (tertiary/aromatic N) is 3. The first-order valence-electron chi connectivity index (χ1n) is 4.71. The van der Waals surface area contributed by atoms with Crippen molar-refractivity contribution in [2.75, 3.05) is 19.0 Å². The normalized spacial score (nSPS) is 15.7. The van der Waals surface area contributed by atoms with Gasteiger partial charge in [-0.1, -0.05) is 23.1 Å². The molecule has 9 heteroatoms. The lowest BCUT2D eigenvalue weighted by atomic mass is 10.2. The second-order valence-corrected chi connectivity index (χ2v) is 6.03. The Bertz CT molecular complexity index is 364. The molecular weight excluding hydrogens is 273 g/mol. The fourth-order valence-corrected chi connectivity index (χ4v) is 2.89. The van der Waals surface area contributed by atoms with Gasteiger partial charge in [-0.25, -0.2) is 0 Å². The summed E-state index contributed by atoms with van der Waals surface area (Å²) in [5, 5.41) is 6.39. The highest BCUT2D eigenvalue weighted by molar-refractivity contribution is 8.01. The molecule has 4 nitrogen and oxygen atoms in total. The Morgan fingerprint density at radius 3 is 2.29 bits per heavy atom. The van der Waals surface area contributed by atoms with Crippen LogP contribution in [0.25, 0.3) is 0 Å². The molecule has 0 aliphatic heterocycles. The van der Waals surface area contributed by atoms with E-state index in [4.69, 9.17) is 5.73 Å². The van der Waals surface area contributed by atoms with Crippen molar-refractivity contribution in [2.45, 2.75) is 28.7 Å². The molecule has 98 valence electrons. The summed E-state index contributed by atoms with van der Waals surface area (Å²) in [7, 11) is 3.50. The zero-order valence-electron chi connectivity index (χ0n) is 9.52. The Balaban J connectivity index is 2.80. The lowest BCUT2D eigenvalue weighted by molar-refractivity contribution is -0.131. The molecule has 0 saturated heterocycles. The molecule has 0 amide bonds. The summed E-state index contributed by atoms with van der Waals surface area (Å²) in [6.07, 6.45) is -4.34. The van der Waals surface area contributed by atoms with E-state index < -0.39 is 17.5 Å². The molecular formula is C8H13F3N4S2. The highest BCUT2D eigenvalue weighted by atomic mass is 32.2. The topological polar surface area (TPSA) is 55.0 Å². The Hall–Kier alpha value is -0.540. The molecule has 2 unspecified atom stereocenters. The second kappa shape index (κ2) is 5.40. The summed E-state index contributed by atoms with van der Waals surface area (Å²) in [6, 6.07) is -0.994. The van der Waals surface area contributed by atoms with Crippen molar-refractivity contribution in [3.05, 3.63) is 0 Å². The van der Waals surface area contributed by atoms with E-state index in [2.05, 4.69) is 10.2 Å². The molecule has 0 radical (unpaired) electrons. The first-order valence-corrected chi connectivity index (χ1v) is 6.41. The molecule has 1 heterocycles. The monoisotopic (exact) mass is 286 g/mol. The van der Waals surface area contributed by atoms with E-state index in [0.29, 0.717) is 16.9 Å². The summed E-state index contributed by atoms with van der Waals surface area (Å²) in [5.41, 5.74) is 5.34. The fourth-order valence-electron chi connectivity index (χ4n) is 1.01. The van der Waals surface area contributed by atoms with Gasteiger partial charge < -0.3 is 10.6 Å². The maximum absolute atomic E-state index is 12.7. The maximum Gasteiger partial charge on any atom is 0.402 e. The van der Waals surface area contributed by atoms with Crippen LogP contribution in [0.5, 0.6) is 0 Å².